The molecule has 18 heavy (non-hydrogen) atoms. The monoisotopic (exact) mass is 255 g/mol. The van der Waals surface area contributed by atoms with Gasteiger partial charge in [-0.1, -0.05) is 6.42 Å². The average Bonchev–Trinajstić information content (AvgIpc) is 2.34. The fraction of sp³-hybridized carbons (Fsp3) is 0.917. The van der Waals surface area contributed by atoms with Crippen molar-refractivity contribution >= 4 is 6.03 Å². The molecule has 0 bridgehead atoms. The Hall–Kier alpha value is -0.850. The molecule has 2 rings (SSSR count). The van der Waals surface area contributed by atoms with Crippen LogP contribution in [0.5, 0.6) is 0 Å². The largest absolute Gasteiger partial charge is 0.351 e. The number of rotatable bonds is 3. The molecule has 0 saturated carbocycles. The predicted octanol–water partition coefficient (Wildman–Crippen LogP) is -0.328. The number of nitrogens with zero attached hydrogens (tertiary/aromatic N) is 3. The van der Waals surface area contributed by atoms with Gasteiger partial charge in [0.1, 0.15) is 0 Å². The lowest BCUT2D eigenvalue weighted by Crippen LogP contribution is -2.56. The van der Waals surface area contributed by atoms with Crippen LogP contribution in [0.15, 0.2) is 0 Å². The molecule has 6 nitrogen and oxygen atoms in total. The quantitative estimate of drug-likeness (QED) is 0.725. The van der Waals surface area contributed by atoms with E-state index >= 15 is 0 Å². The van der Waals surface area contributed by atoms with Gasteiger partial charge in [0, 0.05) is 38.8 Å². The Morgan fingerprint density at radius 1 is 1.22 bits per heavy atom. The molecular weight excluding hydrogens is 230 g/mol. The van der Waals surface area contributed by atoms with Crippen LogP contribution in [0.1, 0.15) is 19.3 Å². The minimum Gasteiger partial charge on any atom is -0.351 e. The number of nitrogens with one attached hydrogen (secondary N) is 1. The van der Waals surface area contributed by atoms with Crippen molar-refractivity contribution in [1.29, 1.82) is 0 Å². The highest BCUT2D eigenvalue weighted by Crippen LogP contribution is 2.16. The van der Waals surface area contributed by atoms with Crippen molar-refractivity contribution in [2.75, 3.05) is 46.3 Å². The highest BCUT2D eigenvalue weighted by atomic mass is 16.2. The summed E-state index contributed by atoms with van der Waals surface area (Å²) in [6.07, 6.45) is 4.01. The number of nitrogens with two attached hydrogens (primary N) is 1. The molecular formula is C12H25N5O. The zero-order valence-corrected chi connectivity index (χ0v) is 11.3. The van der Waals surface area contributed by atoms with E-state index in [0.717, 1.165) is 32.7 Å². The van der Waals surface area contributed by atoms with Crippen LogP contribution < -0.4 is 11.2 Å². The van der Waals surface area contributed by atoms with Crippen molar-refractivity contribution in [3.8, 4) is 0 Å². The number of primary amides is 1. The summed E-state index contributed by atoms with van der Waals surface area (Å²) in [5, 5.41) is 1.91. The van der Waals surface area contributed by atoms with Gasteiger partial charge < -0.3 is 10.6 Å². The van der Waals surface area contributed by atoms with Gasteiger partial charge in [0.15, 0.2) is 0 Å². The second-order valence-electron chi connectivity index (χ2n) is 5.39. The molecule has 0 radical (unpaired) electrons. The standard InChI is InChI=1S/C12H25N5O/c1-15-5-3-2-4-11(15)10-16-6-8-17(9-7-16)14-12(13)18/h11H,2-10H2,1H3,(H3,13,14,18). The Labute approximate surface area is 109 Å². The molecule has 0 aromatic heterocycles. The number of carbonyl (C=O) groups excluding carboxylic acids is 1. The van der Waals surface area contributed by atoms with Gasteiger partial charge in [-0.15, -0.1) is 0 Å². The predicted molar refractivity (Wildman–Crippen MR) is 71.0 cm³/mol. The van der Waals surface area contributed by atoms with Gasteiger partial charge in [-0.25, -0.2) is 9.80 Å². The average molecular weight is 255 g/mol. The maximum atomic E-state index is 10.8. The van der Waals surface area contributed by atoms with E-state index in [9.17, 15) is 4.79 Å². The number of hydrogen-bond donors (Lipinski definition) is 2. The molecule has 0 aromatic carbocycles. The van der Waals surface area contributed by atoms with E-state index in [-0.39, 0.29) is 0 Å². The molecule has 0 aliphatic carbocycles. The maximum Gasteiger partial charge on any atom is 0.326 e. The van der Waals surface area contributed by atoms with E-state index in [1.807, 2.05) is 5.01 Å². The van der Waals surface area contributed by atoms with Crippen LogP contribution in [-0.2, 0) is 0 Å². The van der Waals surface area contributed by atoms with Crippen LogP contribution in [0.3, 0.4) is 0 Å². The normalized spacial score (nSPS) is 28.2. The lowest BCUT2D eigenvalue weighted by atomic mass is 10.0. The fourth-order valence-corrected chi connectivity index (χ4v) is 2.87. The van der Waals surface area contributed by atoms with E-state index < -0.39 is 6.03 Å². The number of likely N-dealkylation sites (tertiary alicyclic amines) is 1. The summed E-state index contributed by atoms with van der Waals surface area (Å²) >= 11 is 0. The lowest BCUT2D eigenvalue weighted by molar-refractivity contribution is 0.0685. The molecule has 104 valence electrons. The van der Waals surface area contributed by atoms with Crippen molar-refractivity contribution in [3.05, 3.63) is 0 Å². The Kier molecular flexibility index (Phi) is 4.79. The first-order valence-electron chi connectivity index (χ1n) is 6.89. The SMILES string of the molecule is CN1CCCCC1CN1CCN(NC(N)=O)CC1. The Morgan fingerprint density at radius 3 is 2.56 bits per heavy atom. The van der Waals surface area contributed by atoms with Crippen LogP contribution in [0.4, 0.5) is 4.79 Å². The minimum absolute atomic E-state index is 0.463. The van der Waals surface area contributed by atoms with E-state index in [2.05, 4.69) is 22.3 Å². The number of piperazine rings is 1. The van der Waals surface area contributed by atoms with Gasteiger partial charge in [-0.3, -0.25) is 10.3 Å². The van der Waals surface area contributed by atoms with E-state index in [0.29, 0.717) is 6.04 Å². The minimum atomic E-state index is -0.463. The summed E-state index contributed by atoms with van der Waals surface area (Å²) in [4.78, 5) is 15.7. The van der Waals surface area contributed by atoms with Gasteiger partial charge in [0.05, 0.1) is 0 Å². The number of hydrazine groups is 1. The maximum absolute atomic E-state index is 10.8. The summed E-state index contributed by atoms with van der Waals surface area (Å²) in [6.45, 7) is 6.11. The number of piperidine rings is 1. The highest BCUT2D eigenvalue weighted by molar-refractivity contribution is 5.70. The van der Waals surface area contributed by atoms with Crippen LogP contribution >= 0.6 is 0 Å². The van der Waals surface area contributed by atoms with Gasteiger partial charge in [-0.05, 0) is 26.4 Å². The number of amides is 2. The highest BCUT2D eigenvalue weighted by Gasteiger charge is 2.24. The second kappa shape index (κ2) is 6.36. The first kappa shape index (κ1) is 13.6. The molecule has 0 spiro atoms. The zero-order valence-electron chi connectivity index (χ0n) is 11.3. The van der Waals surface area contributed by atoms with Crippen molar-refractivity contribution in [3.63, 3.8) is 0 Å². The van der Waals surface area contributed by atoms with Gasteiger partial charge in [0.25, 0.3) is 0 Å². The van der Waals surface area contributed by atoms with Crippen molar-refractivity contribution < 1.29 is 4.79 Å². The lowest BCUT2D eigenvalue weighted by Gasteiger charge is -2.39. The molecule has 3 N–H and O–H groups in total. The first-order valence-corrected chi connectivity index (χ1v) is 6.89. The molecule has 2 aliphatic rings. The van der Waals surface area contributed by atoms with Crippen LogP contribution in [-0.4, -0.2) is 73.2 Å². The summed E-state index contributed by atoms with van der Waals surface area (Å²) in [7, 11) is 2.23. The molecule has 6 heteroatoms. The second-order valence-corrected chi connectivity index (χ2v) is 5.39. The molecule has 2 saturated heterocycles. The van der Waals surface area contributed by atoms with Crippen LogP contribution in [0, 0.1) is 0 Å². The van der Waals surface area contributed by atoms with Crippen LogP contribution in [0.25, 0.3) is 0 Å². The molecule has 1 atom stereocenters. The Morgan fingerprint density at radius 2 is 1.94 bits per heavy atom. The third-order valence-electron chi connectivity index (χ3n) is 4.03. The summed E-state index contributed by atoms with van der Waals surface area (Å²) in [6, 6.07) is 0.241. The topological polar surface area (TPSA) is 64.8 Å². The van der Waals surface area contributed by atoms with Gasteiger partial charge >= 0.3 is 6.03 Å². The molecule has 0 aromatic rings. The third-order valence-corrected chi connectivity index (χ3v) is 4.03. The molecule has 2 fully saturated rings. The Bertz CT molecular complexity index is 278. The fourth-order valence-electron chi connectivity index (χ4n) is 2.87. The smallest absolute Gasteiger partial charge is 0.326 e. The molecule has 2 amide bonds. The molecule has 2 heterocycles. The summed E-state index contributed by atoms with van der Waals surface area (Å²) < 4.78 is 0. The van der Waals surface area contributed by atoms with Crippen molar-refractivity contribution in [1.82, 2.24) is 20.2 Å². The number of urea groups is 1. The number of carbonyl (C=O) groups is 1. The van der Waals surface area contributed by atoms with Crippen LogP contribution in [0.2, 0.25) is 0 Å². The number of likely N-dealkylation sites (N-methyl/N-ethyl adjacent to an activating group) is 1. The molecule has 2 aliphatic heterocycles. The Balaban J connectivity index is 1.71. The third kappa shape index (κ3) is 3.83. The molecule has 1 unspecified atom stereocenters. The van der Waals surface area contributed by atoms with E-state index in [1.54, 1.807) is 0 Å². The summed E-state index contributed by atoms with van der Waals surface area (Å²) in [5.74, 6) is 0. The van der Waals surface area contributed by atoms with Crippen molar-refractivity contribution in [2.24, 2.45) is 5.73 Å². The van der Waals surface area contributed by atoms with E-state index in [1.165, 1.54) is 25.8 Å². The van der Waals surface area contributed by atoms with Gasteiger partial charge in [-0.2, -0.15) is 0 Å². The number of hydrogen-bond acceptors (Lipinski definition) is 4. The summed E-state index contributed by atoms with van der Waals surface area (Å²) in [5.41, 5.74) is 7.76. The van der Waals surface area contributed by atoms with Crippen molar-refractivity contribution in [2.45, 2.75) is 25.3 Å². The van der Waals surface area contributed by atoms with Gasteiger partial charge in [0.2, 0.25) is 0 Å². The first-order chi connectivity index (χ1) is 8.65. The van der Waals surface area contributed by atoms with E-state index in [4.69, 9.17) is 5.73 Å². The zero-order chi connectivity index (χ0) is 13.0.